The number of rotatable bonds is 6. The Balaban J connectivity index is 2.31. The second kappa shape index (κ2) is 6.27. The molecule has 0 fully saturated rings. The minimum atomic E-state index is -0.658. The van der Waals surface area contributed by atoms with Gasteiger partial charge in [0.2, 0.25) is 0 Å². The van der Waals surface area contributed by atoms with Crippen molar-refractivity contribution in [2.24, 2.45) is 0 Å². The van der Waals surface area contributed by atoms with Crippen LogP contribution in [0.4, 0.5) is 11.4 Å². The van der Waals surface area contributed by atoms with Crippen LogP contribution < -0.4 is 5.32 Å². The first-order chi connectivity index (χ1) is 9.63. The normalized spacial score (nSPS) is 12.3. The largest absolute Gasteiger partial charge is 0.389 e. The number of nitro groups is 1. The fourth-order valence-electron chi connectivity index (χ4n) is 1.94. The molecule has 2 N–H and O–H groups in total. The molecule has 0 spiro atoms. The summed E-state index contributed by atoms with van der Waals surface area (Å²) in [7, 11) is 1.51. The second-order valence-electron chi connectivity index (χ2n) is 4.28. The smallest absolute Gasteiger partial charge is 0.278 e. The van der Waals surface area contributed by atoms with Gasteiger partial charge in [-0.2, -0.15) is 0 Å². The van der Waals surface area contributed by atoms with Crippen LogP contribution >= 0.6 is 0 Å². The van der Waals surface area contributed by atoms with Crippen molar-refractivity contribution in [2.75, 3.05) is 25.6 Å². The van der Waals surface area contributed by atoms with E-state index < -0.39 is 11.0 Å². The van der Waals surface area contributed by atoms with Crippen LogP contribution in [0, 0.1) is 10.1 Å². The van der Waals surface area contributed by atoms with Crippen molar-refractivity contribution >= 4 is 22.3 Å². The molecule has 0 bridgehead atoms. The highest BCUT2D eigenvalue weighted by atomic mass is 16.6. The van der Waals surface area contributed by atoms with Crippen LogP contribution in [0.25, 0.3) is 10.9 Å². The molecule has 106 valence electrons. The molecule has 2 rings (SSSR count). The molecular weight excluding hydrogens is 262 g/mol. The molecular formula is C13H15N3O4. The maximum atomic E-state index is 11.0. The summed E-state index contributed by atoms with van der Waals surface area (Å²) in [4.78, 5) is 14.7. The van der Waals surface area contributed by atoms with Gasteiger partial charge in [-0.1, -0.05) is 0 Å². The lowest BCUT2D eigenvalue weighted by atomic mass is 10.1. The molecule has 2 aromatic rings. The van der Waals surface area contributed by atoms with Crippen LogP contribution in [-0.2, 0) is 4.74 Å². The number of benzene rings is 1. The van der Waals surface area contributed by atoms with Gasteiger partial charge in [-0.25, -0.2) is 0 Å². The first-order valence-corrected chi connectivity index (χ1v) is 6.06. The predicted molar refractivity (Wildman–Crippen MR) is 74.8 cm³/mol. The summed E-state index contributed by atoms with van der Waals surface area (Å²) in [6.45, 7) is 0.489. The number of aliphatic hydroxyl groups is 1. The molecule has 1 atom stereocenters. The van der Waals surface area contributed by atoms with Crippen LogP contribution in [-0.4, -0.2) is 41.4 Å². The number of hydrogen-bond acceptors (Lipinski definition) is 6. The highest BCUT2D eigenvalue weighted by Crippen LogP contribution is 2.29. The number of nitrogens with one attached hydrogen (secondary N) is 1. The Morgan fingerprint density at radius 1 is 1.50 bits per heavy atom. The van der Waals surface area contributed by atoms with Crippen LogP contribution in [0.15, 0.2) is 30.5 Å². The van der Waals surface area contributed by atoms with Gasteiger partial charge in [0.25, 0.3) is 5.69 Å². The van der Waals surface area contributed by atoms with E-state index in [4.69, 9.17) is 4.74 Å². The van der Waals surface area contributed by atoms with E-state index in [0.29, 0.717) is 16.6 Å². The molecule has 0 amide bonds. The van der Waals surface area contributed by atoms with Crippen LogP contribution in [0.3, 0.4) is 0 Å². The van der Waals surface area contributed by atoms with E-state index in [0.717, 1.165) is 0 Å². The van der Waals surface area contributed by atoms with Crippen molar-refractivity contribution in [1.82, 2.24) is 4.98 Å². The Labute approximate surface area is 115 Å². The highest BCUT2D eigenvalue weighted by molar-refractivity contribution is 5.96. The van der Waals surface area contributed by atoms with Crippen LogP contribution in [0.2, 0.25) is 0 Å². The molecule has 7 nitrogen and oxygen atoms in total. The monoisotopic (exact) mass is 277 g/mol. The van der Waals surface area contributed by atoms with E-state index in [1.54, 1.807) is 24.4 Å². The zero-order valence-electron chi connectivity index (χ0n) is 10.9. The number of aliphatic hydroxyl groups excluding tert-OH is 1. The van der Waals surface area contributed by atoms with E-state index in [1.165, 1.54) is 13.2 Å². The summed E-state index contributed by atoms with van der Waals surface area (Å²) in [5.41, 5.74) is 1.16. The van der Waals surface area contributed by atoms with E-state index in [9.17, 15) is 15.2 Å². The lowest BCUT2D eigenvalue weighted by Crippen LogP contribution is -2.24. The number of hydrogen-bond donors (Lipinski definition) is 2. The number of non-ortho nitro benzene ring substituents is 1. The SMILES string of the molecule is COCC(O)CNc1ccc([N+](=O)[O-])c2cccnc12. The molecule has 7 heteroatoms. The summed E-state index contributed by atoms with van der Waals surface area (Å²) >= 11 is 0. The van der Waals surface area contributed by atoms with Gasteiger partial charge >= 0.3 is 0 Å². The van der Waals surface area contributed by atoms with E-state index in [1.807, 2.05) is 0 Å². The van der Waals surface area contributed by atoms with Crippen molar-refractivity contribution in [3.8, 4) is 0 Å². The van der Waals surface area contributed by atoms with Crippen molar-refractivity contribution in [1.29, 1.82) is 0 Å². The van der Waals surface area contributed by atoms with E-state index in [-0.39, 0.29) is 18.8 Å². The molecule has 0 radical (unpaired) electrons. The second-order valence-corrected chi connectivity index (χ2v) is 4.28. The number of ether oxygens (including phenoxy) is 1. The Bertz CT molecular complexity index is 618. The maximum absolute atomic E-state index is 11.0. The lowest BCUT2D eigenvalue weighted by Gasteiger charge is -2.13. The van der Waals surface area contributed by atoms with Gasteiger partial charge in [0, 0.05) is 25.9 Å². The number of nitro benzene ring substituents is 1. The molecule has 0 aliphatic heterocycles. The Morgan fingerprint density at radius 2 is 2.30 bits per heavy atom. The van der Waals surface area contributed by atoms with Gasteiger partial charge in [0.15, 0.2) is 0 Å². The quantitative estimate of drug-likeness (QED) is 0.614. The standard InChI is InChI=1S/C13H15N3O4/c1-20-8-9(17)7-15-11-4-5-12(16(18)19)10-3-2-6-14-13(10)11/h2-6,9,15,17H,7-8H2,1H3. The van der Waals surface area contributed by atoms with E-state index >= 15 is 0 Å². The molecule has 0 aliphatic rings. The maximum Gasteiger partial charge on any atom is 0.278 e. The summed E-state index contributed by atoms with van der Waals surface area (Å²) in [5.74, 6) is 0. The lowest BCUT2D eigenvalue weighted by molar-refractivity contribution is -0.383. The molecule has 1 aromatic heterocycles. The molecule has 1 heterocycles. The highest BCUT2D eigenvalue weighted by Gasteiger charge is 2.15. The third-order valence-electron chi connectivity index (χ3n) is 2.83. The molecule has 20 heavy (non-hydrogen) atoms. The molecule has 0 saturated heterocycles. The Hall–Kier alpha value is -2.25. The molecule has 1 unspecified atom stereocenters. The molecule has 1 aromatic carbocycles. The van der Waals surface area contributed by atoms with Crippen molar-refractivity contribution in [3.63, 3.8) is 0 Å². The van der Waals surface area contributed by atoms with E-state index in [2.05, 4.69) is 10.3 Å². The number of nitrogens with zero attached hydrogens (tertiary/aromatic N) is 2. The minimum absolute atomic E-state index is 0.0103. The number of pyridine rings is 1. The summed E-state index contributed by atoms with van der Waals surface area (Å²) in [6.07, 6.45) is 0.914. The number of methoxy groups -OCH3 is 1. The number of fused-ring (bicyclic) bond motifs is 1. The third kappa shape index (κ3) is 3.01. The first kappa shape index (κ1) is 14.2. The van der Waals surface area contributed by atoms with Gasteiger partial charge in [-0.05, 0) is 18.2 Å². The Morgan fingerprint density at radius 3 is 3.00 bits per heavy atom. The number of anilines is 1. The fourth-order valence-corrected chi connectivity index (χ4v) is 1.94. The molecule has 0 aliphatic carbocycles. The van der Waals surface area contributed by atoms with Gasteiger partial charge in [-0.15, -0.1) is 0 Å². The van der Waals surface area contributed by atoms with Gasteiger partial charge in [0.1, 0.15) is 5.52 Å². The topological polar surface area (TPSA) is 97.5 Å². The fraction of sp³-hybridized carbons (Fsp3) is 0.308. The number of aromatic nitrogens is 1. The van der Waals surface area contributed by atoms with Crippen LogP contribution in [0.5, 0.6) is 0 Å². The first-order valence-electron chi connectivity index (χ1n) is 6.06. The van der Waals surface area contributed by atoms with Gasteiger partial charge < -0.3 is 15.2 Å². The van der Waals surface area contributed by atoms with Crippen molar-refractivity contribution in [3.05, 3.63) is 40.6 Å². The third-order valence-corrected chi connectivity index (χ3v) is 2.83. The average Bonchev–Trinajstić information content (AvgIpc) is 2.44. The van der Waals surface area contributed by atoms with Crippen molar-refractivity contribution in [2.45, 2.75) is 6.10 Å². The summed E-state index contributed by atoms with van der Waals surface area (Å²) < 4.78 is 4.84. The van der Waals surface area contributed by atoms with Gasteiger partial charge in [-0.3, -0.25) is 15.1 Å². The average molecular weight is 277 g/mol. The Kier molecular flexibility index (Phi) is 4.44. The molecule has 0 saturated carbocycles. The zero-order valence-corrected chi connectivity index (χ0v) is 10.9. The predicted octanol–water partition coefficient (Wildman–Crippen LogP) is 1.56. The van der Waals surface area contributed by atoms with Gasteiger partial charge in [0.05, 0.1) is 28.7 Å². The zero-order chi connectivity index (χ0) is 14.5. The minimum Gasteiger partial charge on any atom is -0.389 e. The summed E-state index contributed by atoms with van der Waals surface area (Å²) in [6, 6.07) is 6.32. The summed E-state index contributed by atoms with van der Waals surface area (Å²) in [5, 5.41) is 24.1. The van der Waals surface area contributed by atoms with Crippen LogP contribution in [0.1, 0.15) is 0 Å². The van der Waals surface area contributed by atoms with Crippen molar-refractivity contribution < 1.29 is 14.8 Å².